The summed E-state index contributed by atoms with van der Waals surface area (Å²) in [6.07, 6.45) is 2.07. The monoisotopic (exact) mass is 342 g/mol. The minimum absolute atomic E-state index is 0.252. The van der Waals surface area contributed by atoms with E-state index in [0.29, 0.717) is 29.2 Å². The average molecular weight is 343 g/mol. The normalized spacial score (nSPS) is 14.8. The van der Waals surface area contributed by atoms with Crippen molar-refractivity contribution >= 4 is 34.8 Å². The Morgan fingerprint density at radius 2 is 1.38 bits per heavy atom. The number of carbonyl (C=O) groups excluding carboxylic acids is 2. The van der Waals surface area contributed by atoms with Gasteiger partial charge in [0.1, 0.15) is 5.41 Å². The van der Waals surface area contributed by atoms with Crippen LogP contribution in [0.4, 0.5) is 11.4 Å². The Labute approximate surface area is 146 Å². The molecule has 0 aliphatic heterocycles. The summed E-state index contributed by atoms with van der Waals surface area (Å²) in [5.41, 5.74) is 1.58. The second-order valence-corrected chi connectivity index (χ2v) is 6.48. The van der Waals surface area contributed by atoms with E-state index < -0.39 is 5.41 Å². The number of aryl methyl sites for hydroxylation is 1. The number of carbonyl (C=O) groups is 2. The first kappa shape index (κ1) is 16.5. The molecule has 0 spiro atoms. The summed E-state index contributed by atoms with van der Waals surface area (Å²) in [4.78, 5) is 25.1. The van der Waals surface area contributed by atoms with Gasteiger partial charge in [-0.25, -0.2) is 0 Å². The largest absolute Gasteiger partial charge is 0.325 e. The van der Waals surface area contributed by atoms with Crippen LogP contribution >= 0.6 is 11.6 Å². The molecule has 24 heavy (non-hydrogen) atoms. The van der Waals surface area contributed by atoms with Gasteiger partial charge in [0.2, 0.25) is 11.8 Å². The maximum atomic E-state index is 12.5. The standard InChI is InChI=1S/C19H19ClN2O2/c1-2-13-3-7-15(8-4-13)21-17(23)19(11-12-19)18(24)22-16-9-5-14(20)6-10-16/h3-10H,2,11-12H2,1H3,(H,21,23)(H,22,24). The predicted molar refractivity (Wildman–Crippen MR) is 96.2 cm³/mol. The first-order valence-corrected chi connectivity index (χ1v) is 8.39. The van der Waals surface area contributed by atoms with Gasteiger partial charge in [-0.05, 0) is 61.2 Å². The molecule has 2 aromatic carbocycles. The van der Waals surface area contributed by atoms with Gasteiger partial charge in [-0.15, -0.1) is 0 Å². The zero-order valence-corrected chi connectivity index (χ0v) is 14.2. The fraction of sp³-hybridized carbons (Fsp3) is 0.263. The van der Waals surface area contributed by atoms with E-state index in [4.69, 9.17) is 11.6 Å². The lowest BCUT2D eigenvalue weighted by atomic mass is 10.0. The van der Waals surface area contributed by atoms with E-state index in [1.165, 1.54) is 5.56 Å². The second kappa shape index (κ2) is 6.65. The Morgan fingerprint density at radius 1 is 0.917 bits per heavy atom. The molecule has 1 aliphatic rings. The number of benzene rings is 2. The molecule has 0 atom stereocenters. The van der Waals surface area contributed by atoms with E-state index in [2.05, 4.69) is 17.6 Å². The van der Waals surface area contributed by atoms with E-state index in [0.717, 1.165) is 6.42 Å². The first-order chi connectivity index (χ1) is 11.5. The lowest BCUT2D eigenvalue weighted by Crippen LogP contribution is -2.35. The van der Waals surface area contributed by atoms with E-state index >= 15 is 0 Å². The summed E-state index contributed by atoms with van der Waals surface area (Å²) in [5.74, 6) is -0.522. The van der Waals surface area contributed by atoms with Crippen LogP contribution in [0.25, 0.3) is 0 Å². The Balaban J connectivity index is 1.66. The highest BCUT2D eigenvalue weighted by atomic mass is 35.5. The third-order valence-corrected chi connectivity index (χ3v) is 4.59. The van der Waals surface area contributed by atoms with Crippen LogP contribution in [0.1, 0.15) is 25.3 Å². The fourth-order valence-corrected chi connectivity index (χ4v) is 2.67. The molecule has 1 saturated carbocycles. The molecule has 0 bridgehead atoms. The number of hydrogen-bond donors (Lipinski definition) is 2. The van der Waals surface area contributed by atoms with Gasteiger partial charge >= 0.3 is 0 Å². The summed E-state index contributed by atoms with van der Waals surface area (Å²) in [6.45, 7) is 2.08. The molecule has 1 aliphatic carbocycles. The van der Waals surface area contributed by atoms with E-state index in [9.17, 15) is 9.59 Å². The van der Waals surface area contributed by atoms with E-state index in [1.54, 1.807) is 24.3 Å². The lowest BCUT2D eigenvalue weighted by Gasteiger charge is -2.15. The Kier molecular flexibility index (Phi) is 4.58. The van der Waals surface area contributed by atoms with Gasteiger partial charge in [0, 0.05) is 16.4 Å². The molecule has 0 radical (unpaired) electrons. The Morgan fingerprint density at radius 3 is 1.79 bits per heavy atom. The summed E-state index contributed by atoms with van der Waals surface area (Å²) in [6, 6.07) is 14.5. The number of amides is 2. The van der Waals surface area contributed by atoms with Crippen LogP contribution in [0.5, 0.6) is 0 Å². The Bertz CT molecular complexity index is 750. The molecule has 2 amide bonds. The number of nitrogens with one attached hydrogen (secondary N) is 2. The zero-order valence-electron chi connectivity index (χ0n) is 13.4. The summed E-state index contributed by atoms with van der Waals surface area (Å²) < 4.78 is 0. The minimum Gasteiger partial charge on any atom is -0.325 e. The first-order valence-electron chi connectivity index (χ1n) is 8.01. The van der Waals surface area contributed by atoms with Gasteiger partial charge in [0.05, 0.1) is 0 Å². The summed E-state index contributed by atoms with van der Waals surface area (Å²) in [5, 5.41) is 6.25. The maximum absolute atomic E-state index is 12.5. The molecule has 0 heterocycles. The molecule has 4 nitrogen and oxygen atoms in total. The van der Waals surface area contributed by atoms with E-state index in [1.807, 2.05) is 24.3 Å². The zero-order chi connectivity index (χ0) is 17.2. The SMILES string of the molecule is CCc1ccc(NC(=O)C2(C(=O)Nc3ccc(Cl)cc3)CC2)cc1. The quantitative estimate of drug-likeness (QED) is 0.798. The molecule has 5 heteroatoms. The van der Waals surface area contributed by atoms with E-state index in [-0.39, 0.29) is 11.8 Å². The molecule has 2 N–H and O–H groups in total. The maximum Gasteiger partial charge on any atom is 0.240 e. The molecule has 1 fully saturated rings. The number of halogens is 1. The van der Waals surface area contributed by atoms with Crippen molar-refractivity contribution in [2.24, 2.45) is 5.41 Å². The number of rotatable bonds is 5. The average Bonchev–Trinajstić information content (AvgIpc) is 3.39. The van der Waals surface area contributed by atoms with Crippen molar-refractivity contribution in [3.05, 3.63) is 59.1 Å². The molecule has 2 aromatic rings. The highest BCUT2D eigenvalue weighted by Crippen LogP contribution is 2.47. The van der Waals surface area contributed by atoms with Crippen molar-refractivity contribution in [1.82, 2.24) is 0 Å². The number of anilines is 2. The minimum atomic E-state index is -0.969. The van der Waals surface area contributed by atoms with Crippen molar-refractivity contribution in [2.75, 3.05) is 10.6 Å². The lowest BCUT2D eigenvalue weighted by molar-refractivity contribution is -0.131. The van der Waals surface area contributed by atoms with Crippen LogP contribution in [-0.2, 0) is 16.0 Å². The smallest absolute Gasteiger partial charge is 0.240 e. The highest BCUT2D eigenvalue weighted by molar-refractivity contribution is 6.30. The van der Waals surface area contributed by atoms with Gasteiger partial charge in [-0.3, -0.25) is 9.59 Å². The molecular weight excluding hydrogens is 324 g/mol. The van der Waals surface area contributed by atoms with Crippen LogP contribution in [0, 0.1) is 5.41 Å². The van der Waals surface area contributed by atoms with Crippen LogP contribution in [-0.4, -0.2) is 11.8 Å². The summed E-state index contributed by atoms with van der Waals surface area (Å²) in [7, 11) is 0. The van der Waals surface area contributed by atoms with Gasteiger partial charge in [0.25, 0.3) is 0 Å². The third kappa shape index (κ3) is 3.44. The molecule has 0 unspecified atom stereocenters. The van der Waals surface area contributed by atoms with Gasteiger partial charge in [-0.1, -0.05) is 30.7 Å². The Hall–Kier alpha value is -2.33. The molecule has 3 rings (SSSR count). The highest BCUT2D eigenvalue weighted by Gasteiger charge is 2.56. The second-order valence-electron chi connectivity index (χ2n) is 6.05. The van der Waals surface area contributed by atoms with Crippen LogP contribution in [0.2, 0.25) is 5.02 Å². The summed E-state index contributed by atoms with van der Waals surface area (Å²) >= 11 is 5.84. The fourth-order valence-electron chi connectivity index (χ4n) is 2.54. The molecular formula is C19H19ClN2O2. The molecule has 0 saturated heterocycles. The predicted octanol–water partition coefficient (Wildman–Crippen LogP) is 4.26. The number of hydrogen-bond acceptors (Lipinski definition) is 2. The van der Waals surface area contributed by atoms with Crippen molar-refractivity contribution in [2.45, 2.75) is 26.2 Å². The third-order valence-electron chi connectivity index (χ3n) is 4.34. The van der Waals surface area contributed by atoms with Gasteiger partial charge in [0.15, 0.2) is 0 Å². The van der Waals surface area contributed by atoms with Gasteiger partial charge < -0.3 is 10.6 Å². The van der Waals surface area contributed by atoms with Crippen molar-refractivity contribution in [1.29, 1.82) is 0 Å². The van der Waals surface area contributed by atoms with Crippen molar-refractivity contribution < 1.29 is 9.59 Å². The van der Waals surface area contributed by atoms with Crippen LogP contribution in [0.3, 0.4) is 0 Å². The van der Waals surface area contributed by atoms with Crippen LogP contribution < -0.4 is 10.6 Å². The van der Waals surface area contributed by atoms with Gasteiger partial charge in [-0.2, -0.15) is 0 Å². The van der Waals surface area contributed by atoms with Crippen molar-refractivity contribution in [3.63, 3.8) is 0 Å². The topological polar surface area (TPSA) is 58.2 Å². The van der Waals surface area contributed by atoms with Crippen LogP contribution in [0.15, 0.2) is 48.5 Å². The molecule has 0 aromatic heterocycles. The van der Waals surface area contributed by atoms with Crippen molar-refractivity contribution in [3.8, 4) is 0 Å². The molecule has 124 valence electrons.